The second-order valence-electron chi connectivity index (χ2n) is 8.71. The fraction of sp³-hybridized carbons (Fsp3) is 0.423. The number of carboxylic acids is 1. The Bertz CT molecular complexity index is 994. The quantitative estimate of drug-likeness (QED) is 0.489. The SMILES string of the molecule is Cl.O=C(OCc1ccccc1)C(CCc1ccccc1)N[C@H]1CCC[C@H]2SC[C@@H](C(=O)O)N2C1=O. The molecule has 2 aromatic rings. The van der Waals surface area contributed by atoms with Crippen molar-refractivity contribution in [3.63, 3.8) is 0 Å². The number of hydrogen-bond acceptors (Lipinski definition) is 6. The third kappa shape index (κ3) is 6.99. The molecule has 1 unspecified atom stereocenters. The lowest BCUT2D eigenvalue weighted by molar-refractivity contribution is -0.151. The number of carbonyl (C=O) groups excluding carboxylic acids is 2. The van der Waals surface area contributed by atoms with E-state index in [0.717, 1.165) is 24.0 Å². The van der Waals surface area contributed by atoms with E-state index in [1.165, 1.54) is 16.7 Å². The number of hydrogen-bond donors (Lipinski definition) is 2. The van der Waals surface area contributed by atoms with E-state index in [1.807, 2.05) is 60.7 Å². The highest BCUT2D eigenvalue weighted by molar-refractivity contribution is 8.00. The normalized spacial score (nSPS) is 22.5. The number of thioether (sulfide) groups is 1. The number of benzene rings is 2. The number of rotatable bonds is 9. The van der Waals surface area contributed by atoms with Gasteiger partial charge in [-0.05, 0) is 43.2 Å². The number of aliphatic carboxylic acids is 1. The molecule has 1 amide bonds. The average Bonchev–Trinajstić information content (AvgIpc) is 3.22. The minimum atomic E-state index is -0.980. The van der Waals surface area contributed by atoms with Crippen LogP contribution < -0.4 is 5.32 Å². The first-order valence-electron chi connectivity index (χ1n) is 11.7. The third-order valence-corrected chi connectivity index (χ3v) is 7.71. The summed E-state index contributed by atoms with van der Waals surface area (Å²) in [5.41, 5.74) is 1.99. The minimum Gasteiger partial charge on any atom is -0.480 e. The third-order valence-electron chi connectivity index (χ3n) is 6.35. The van der Waals surface area contributed by atoms with Crippen molar-refractivity contribution < 1.29 is 24.2 Å². The zero-order valence-electron chi connectivity index (χ0n) is 19.4. The Morgan fingerprint density at radius 2 is 1.71 bits per heavy atom. The monoisotopic (exact) mass is 518 g/mol. The number of halogens is 1. The Morgan fingerprint density at radius 3 is 2.37 bits per heavy atom. The number of carbonyl (C=O) groups is 3. The summed E-state index contributed by atoms with van der Waals surface area (Å²) < 4.78 is 5.61. The van der Waals surface area contributed by atoms with Crippen molar-refractivity contribution in [1.82, 2.24) is 10.2 Å². The standard InChI is InChI=1S/C26H30N2O5S.ClH/c29-24-20(12-7-13-23-28(24)22(17-34-23)25(30)31)27-21(15-14-18-8-3-1-4-9-18)26(32)33-16-19-10-5-2-6-11-19;/h1-6,8-11,20-23,27H,7,12-17H2,(H,30,31);1H/t20-,21?,22-,23+;/m0./s1. The molecule has 7 nitrogen and oxygen atoms in total. The molecule has 4 rings (SSSR count). The molecule has 0 saturated carbocycles. The van der Waals surface area contributed by atoms with Crippen molar-refractivity contribution in [3.05, 3.63) is 71.8 Å². The van der Waals surface area contributed by atoms with Crippen LogP contribution in [0.2, 0.25) is 0 Å². The van der Waals surface area contributed by atoms with Crippen LogP contribution in [-0.2, 0) is 32.1 Å². The lowest BCUT2D eigenvalue weighted by atomic mass is 10.0. The van der Waals surface area contributed by atoms with E-state index in [2.05, 4.69) is 5.32 Å². The summed E-state index contributed by atoms with van der Waals surface area (Å²) in [7, 11) is 0. The summed E-state index contributed by atoms with van der Waals surface area (Å²) in [6, 6.07) is 17.2. The molecule has 2 fully saturated rings. The Balaban J connectivity index is 0.00000342. The van der Waals surface area contributed by atoms with Crippen LogP contribution in [0.15, 0.2) is 60.7 Å². The van der Waals surface area contributed by atoms with Gasteiger partial charge >= 0.3 is 11.9 Å². The van der Waals surface area contributed by atoms with Crippen LogP contribution in [0.3, 0.4) is 0 Å². The first-order valence-corrected chi connectivity index (χ1v) is 12.7. The first kappa shape index (κ1) is 27.0. The molecule has 2 saturated heterocycles. The van der Waals surface area contributed by atoms with Crippen molar-refractivity contribution in [2.45, 2.75) is 62.2 Å². The number of carboxylic acid groups (broad SMARTS) is 1. The fourth-order valence-corrected chi connectivity index (χ4v) is 5.98. The molecule has 9 heteroatoms. The lowest BCUT2D eigenvalue weighted by Crippen LogP contribution is -2.55. The van der Waals surface area contributed by atoms with Gasteiger partial charge in [0.15, 0.2) is 0 Å². The Labute approximate surface area is 216 Å². The molecule has 4 atom stereocenters. The number of esters is 1. The summed E-state index contributed by atoms with van der Waals surface area (Å²) in [4.78, 5) is 39.7. The molecule has 188 valence electrons. The molecule has 0 bridgehead atoms. The van der Waals surface area contributed by atoms with Gasteiger partial charge in [-0.15, -0.1) is 24.2 Å². The molecule has 0 spiro atoms. The summed E-state index contributed by atoms with van der Waals surface area (Å²) >= 11 is 1.53. The van der Waals surface area contributed by atoms with E-state index in [1.54, 1.807) is 0 Å². The highest BCUT2D eigenvalue weighted by Crippen LogP contribution is 2.36. The van der Waals surface area contributed by atoms with E-state index in [9.17, 15) is 19.5 Å². The Kier molecular flexibility index (Phi) is 10.0. The van der Waals surface area contributed by atoms with Crippen LogP contribution in [-0.4, -0.2) is 57.1 Å². The summed E-state index contributed by atoms with van der Waals surface area (Å²) in [6.07, 6.45) is 3.23. The molecule has 2 heterocycles. The zero-order chi connectivity index (χ0) is 23.9. The first-order chi connectivity index (χ1) is 16.5. The molecule has 35 heavy (non-hydrogen) atoms. The van der Waals surface area contributed by atoms with Gasteiger partial charge in [0.1, 0.15) is 18.7 Å². The molecule has 0 aromatic heterocycles. The van der Waals surface area contributed by atoms with Crippen LogP contribution in [0.4, 0.5) is 0 Å². The van der Waals surface area contributed by atoms with Gasteiger partial charge in [0.05, 0.1) is 11.4 Å². The molecular formula is C26H31ClN2O5S. The zero-order valence-corrected chi connectivity index (χ0v) is 21.0. The van der Waals surface area contributed by atoms with E-state index in [-0.39, 0.29) is 30.3 Å². The van der Waals surface area contributed by atoms with Crippen molar-refractivity contribution in [1.29, 1.82) is 0 Å². The van der Waals surface area contributed by atoms with Gasteiger partial charge in [0, 0.05) is 5.75 Å². The van der Waals surface area contributed by atoms with Crippen LogP contribution in [0, 0.1) is 0 Å². The van der Waals surface area contributed by atoms with Gasteiger partial charge in [0.25, 0.3) is 0 Å². The molecular weight excluding hydrogens is 488 g/mol. The van der Waals surface area contributed by atoms with Crippen LogP contribution >= 0.6 is 24.2 Å². The number of nitrogens with zero attached hydrogens (tertiary/aromatic N) is 1. The van der Waals surface area contributed by atoms with Gasteiger partial charge in [-0.2, -0.15) is 0 Å². The van der Waals surface area contributed by atoms with Crippen LogP contribution in [0.5, 0.6) is 0 Å². The maximum Gasteiger partial charge on any atom is 0.327 e. The van der Waals surface area contributed by atoms with Crippen molar-refractivity contribution in [2.75, 3.05) is 5.75 Å². The van der Waals surface area contributed by atoms with Crippen molar-refractivity contribution in [3.8, 4) is 0 Å². The highest BCUT2D eigenvalue weighted by atomic mass is 35.5. The summed E-state index contributed by atoms with van der Waals surface area (Å²) in [5.74, 6) is -1.22. The second-order valence-corrected chi connectivity index (χ2v) is 9.92. The van der Waals surface area contributed by atoms with Crippen LogP contribution in [0.1, 0.15) is 36.8 Å². The molecule has 0 aliphatic carbocycles. The average molecular weight is 519 g/mol. The number of amides is 1. The largest absolute Gasteiger partial charge is 0.480 e. The molecule has 2 aliphatic heterocycles. The van der Waals surface area contributed by atoms with E-state index >= 15 is 0 Å². The molecule has 2 aliphatic rings. The Morgan fingerprint density at radius 1 is 1.06 bits per heavy atom. The maximum absolute atomic E-state index is 13.4. The molecule has 2 aromatic carbocycles. The summed E-state index contributed by atoms with van der Waals surface area (Å²) in [5, 5.41) is 12.7. The van der Waals surface area contributed by atoms with Crippen molar-refractivity contribution in [2.24, 2.45) is 0 Å². The molecule has 0 radical (unpaired) electrons. The van der Waals surface area contributed by atoms with E-state index in [0.29, 0.717) is 25.0 Å². The highest BCUT2D eigenvalue weighted by Gasteiger charge is 2.45. The van der Waals surface area contributed by atoms with E-state index < -0.39 is 30.1 Å². The van der Waals surface area contributed by atoms with Crippen molar-refractivity contribution >= 4 is 42.0 Å². The number of fused-ring (bicyclic) bond motifs is 1. The predicted molar refractivity (Wildman–Crippen MR) is 137 cm³/mol. The van der Waals surface area contributed by atoms with Gasteiger partial charge in [-0.3, -0.25) is 14.9 Å². The fourth-order valence-electron chi connectivity index (χ4n) is 4.52. The smallest absolute Gasteiger partial charge is 0.327 e. The number of ether oxygens (including phenoxy) is 1. The Hall–Kier alpha value is -2.55. The van der Waals surface area contributed by atoms with E-state index in [4.69, 9.17) is 4.74 Å². The maximum atomic E-state index is 13.4. The number of aryl methyl sites for hydroxylation is 1. The predicted octanol–water partition coefficient (Wildman–Crippen LogP) is 3.65. The molecule has 2 N–H and O–H groups in total. The minimum absolute atomic E-state index is 0. The van der Waals surface area contributed by atoms with Gasteiger partial charge in [-0.1, -0.05) is 60.7 Å². The lowest BCUT2D eigenvalue weighted by Gasteiger charge is -2.30. The summed E-state index contributed by atoms with van der Waals surface area (Å²) in [6.45, 7) is 0.160. The van der Waals surface area contributed by atoms with Gasteiger partial charge < -0.3 is 14.7 Å². The van der Waals surface area contributed by atoms with Gasteiger partial charge in [-0.25, -0.2) is 4.79 Å². The van der Waals surface area contributed by atoms with Crippen LogP contribution in [0.25, 0.3) is 0 Å². The topological polar surface area (TPSA) is 95.9 Å². The second kappa shape index (κ2) is 13.0. The number of nitrogens with one attached hydrogen (secondary N) is 1. The van der Waals surface area contributed by atoms with Gasteiger partial charge in [0.2, 0.25) is 5.91 Å².